The third-order valence-corrected chi connectivity index (χ3v) is 6.10. The van der Waals surface area contributed by atoms with Gasteiger partial charge < -0.3 is 14.2 Å². The van der Waals surface area contributed by atoms with E-state index >= 15 is 0 Å². The van der Waals surface area contributed by atoms with Gasteiger partial charge in [0.2, 0.25) is 0 Å². The number of thiophene rings is 1. The fourth-order valence-corrected chi connectivity index (χ4v) is 4.66. The van der Waals surface area contributed by atoms with Gasteiger partial charge in [-0.05, 0) is 31.4 Å². The number of fused-ring (bicyclic) bond motifs is 1. The first-order chi connectivity index (χ1) is 14.6. The van der Waals surface area contributed by atoms with Crippen molar-refractivity contribution in [2.24, 2.45) is 0 Å². The largest absolute Gasteiger partial charge is 0.372 e. The molecule has 0 spiro atoms. The normalized spacial score (nSPS) is 19.3. The molecule has 6 nitrogen and oxygen atoms in total. The zero-order chi connectivity index (χ0) is 20.7. The number of carbonyl (C=O) groups is 1. The van der Waals surface area contributed by atoms with Gasteiger partial charge in [-0.25, -0.2) is 4.98 Å². The van der Waals surface area contributed by atoms with Crippen LogP contribution in [-0.2, 0) is 4.74 Å². The van der Waals surface area contributed by atoms with E-state index in [2.05, 4.69) is 10.1 Å². The van der Waals surface area contributed by atoms with Gasteiger partial charge in [0.25, 0.3) is 11.6 Å². The first-order valence-electron chi connectivity index (χ1n) is 9.94. The van der Waals surface area contributed by atoms with Crippen LogP contribution in [0, 0.1) is 0 Å². The highest BCUT2D eigenvalue weighted by Crippen LogP contribution is 2.34. The minimum atomic E-state index is -0.0532. The van der Waals surface area contributed by atoms with Crippen LogP contribution in [0.25, 0.3) is 32.9 Å². The lowest BCUT2D eigenvalue weighted by molar-refractivity contribution is -0.0585. The highest BCUT2D eigenvalue weighted by atomic mass is 32.1. The summed E-state index contributed by atoms with van der Waals surface area (Å²) < 4.78 is 11.4. The molecule has 1 saturated heterocycles. The van der Waals surface area contributed by atoms with Crippen molar-refractivity contribution >= 4 is 28.3 Å². The number of hydrogen-bond donors (Lipinski definition) is 0. The topological polar surface area (TPSA) is 68.5 Å². The Labute approximate surface area is 178 Å². The Hall–Kier alpha value is -3.03. The number of amides is 1. The summed E-state index contributed by atoms with van der Waals surface area (Å²) in [4.78, 5) is 21.2. The van der Waals surface area contributed by atoms with Crippen molar-refractivity contribution in [3.05, 3.63) is 59.5 Å². The number of hydrogen-bond acceptors (Lipinski definition) is 6. The van der Waals surface area contributed by atoms with Crippen molar-refractivity contribution in [3.8, 4) is 21.8 Å². The van der Waals surface area contributed by atoms with Crippen LogP contribution in [0.4, 0.5) is 0 Å². The van der Waals surface area contributed by atoms with Crippen LogP contribution >= 0.6 is 11.3 Å². The van der Waals surface area contributed by atoms with Gasteiger partial charge in [-0.15, -0.1) is 11.3 Å². The molecule has 0 N–H and O–H groups in total. The van der Waals surface area contributed by atoms with Gasteiger partial charge in [0.05, 0.1) is 33.7 Å². The highest BCUT2D eigenvalue weighted by Gasteiger charge is 2.30. The van der Waals surface area contributed by atoms with Crippen molar-refractivity contribution in [3.63, 3.8) is 0 Å². The third kappa shape index (κ3) is 3.40. The molecule has 1 fully saturated rings. The summed E-state index contributed by atoms with van der Waals surface area (Å²) in [6.07, 6.45) is -0.0225. The molecule has 1 aliphatic heterocycles. The Morgan fingerprint density at radius 1 is 1.10 bits per heavy atom. The molecule has 7 heteroatoms. The molecule has 3 aromatic heterocycles. The van der Waals surface area contributed by atoms with E-state index in [0.29, 0.717) is 41.1 Å². The average Bonchev–Trinajstić information content (AvgIpc) is 3.42. The number of morpholine rings is 1. The summed E-state index contributed by atoms with van der Waals surface area (Å²) in [6.45, 7) is 5.08. The molecule has 0 unspecified atom stereocenters. The maximum Gasteiger partial charge on any atom is 0.259 e. The summed E-state index contributed by atoms with van der Waals surface area (Å²) in [7, 11) is 0. The monoisotopic (exact) mass is 419 g/mol. The van der Waals surface area contributed by atoms with Crippen LogP contribution in [0.1, 0.15) is 24.2 Å². The van der Waals surface area contributed by atoms with Crippen LogP contribution in [0.5, 0.6) is 0 Å². The molecular weight excluding hydrogens is 398 g/mol. The highest BCUT2D eigenvalue weighted by molar-refractivity contribution is 7.13. The van der Waals surface area contributed by atoms with E-state index in [1.807, 2.05) is 72.7 Å². The molecule has 30 heavy (non-hydrogen) atoms. The number of benzene rings is 1. The quantitative estimate of drug-likeness (QED) is 0.474. The predicted molar refractivity (Wildman–Crippen MR) is 116 cm³/mol. The SMILES string of the molecule is C[C@H]1CN(C(=O)c2cc(-c3cccs3)nc3onc(-c4ccccc4)c23)C[C@H](C)O1. The van der Waals surface area contributed by atoms with E-state index < -0.39 is 0 Å². The minimum absolute atomic E-state index is 0.0112. The number of pyridine rings is 1. The second kappa shape index (κ2) is 7.66. The molecule has 2 atom stereocenters. The van der Waals surface area contributed by atoms with Gasteiger partial charge in [0.15, 0.2) is 0 Å². The van der Waals surface area contributed by atoms with Crippen LogP contribution in [0.3, 0.4) is 0 Å². The van der Waals surface area contributed by atoms with Gasteiger partial charge in [-0.3, -0.25) is 4.79 Å². The van der Waals surface area contributed by atoms with Gasteiger partial charge in [0.1, 0.15) is 5.69 Å². The molecule has 1 aliphatic rings. The first kappa shape index (κ1) is 19.0. The molecule has 1 aromatic carbocycles. The molecular formula is C23H21N3O3S. The molecule has 1 amide bonds. The average molecular weight is 420 g/mol. The Morgan fingerprint density at radius 2 is 1.87 bits per heavy atom. The Bertz CT molecular complexity index is 1180. The van der Waals surface area contributed by atoms with Crippen molar-refractivity contribution in [1.82, 2.24) is 15.0 Å². The van der Waals surface area contributed by atoms with Crippen molar-refractivity contribution < 1.29 is 14.1 Å². The fraction of sp³-hybridized carbons (Fsp3) is 0.261. The summed E-state index contributed by atoms with van der Waals surface area (Å²) in [5, 5.41) is 6.92. The molecule has 0 bridgehead atoms. The van der Waals surface area contributed by atoms with E-state index in [4.69, 9.17) is 9.26 Å². The lowest BCUT2D eigenvalue weighted by atomic mass is 10.0. The molecule has 4 aromatic rings. The molecule has 0 radical (unpaired) electrons. The fourth-order valence-electron chi connectivity index (χ4n) is 3.98. The maximum absolute atomic E-state index is 13.7. The Morgan fingerprint density at radius 3 is 2.57 bits per heavy atom. The van der Waals surface area contributed by atoms with Gasteiger partial charge in [-0.1, -0.05) is 41.6 Å². The van der Waals surface area contributed by atoms with Gasteiger partial charge in [-0.2, -0.15) is 0 Å². The Balaban J connectivity index is 1.69. The van der Waals surface area contributed by atoms with E-state index in [-0.39, 0.29) is 18.1 Å². The van der Waals surface area contributed by atoms with Crippen LogP contribution in [0.15, 0.2) is 58.4 Å². The van der Waals surface area contributed by atoms with E-state index in [1.165, 1.54) is 0 Å². The molecule has 0 aliphatic carbocycles. The predicted octanol–water partition coefficient (Wildman–Crippen LogP) is 4.87. The summed E-state index contributed by atoms with van der Waals surface area (Å²) in [5.41, 5.74) is 3.17. The summed E-state index contributed by atoms with van der Waals surface area (Å²) >= 11 is 1.58. The second-order valence-electron chi connectivity index (χ2n) is 7.58. The standard InChI is InChI=1S/C23H21N3O3S/c1-14-12-26(13-15(2)28-14)23(27)17-11-18(19-9-6-10-30-19)24-22-20(17)21(25-29-22)16-7-4-3-5-8-16/h3-11,14-15H,12-13H2,1-2H3/t14-,15-/m0/s1. The van der Waals surface area contributed by atoms with Gasteiger partial charge in [0, 0.05) is 18.7 Å². The first-order valence-corrected chi connectivity index (χ1v) is 10.8. The van der Waals surface area contributed by atoms with E-state index in [1.54, 1.807) is 11.3 Å². The van der Waals surface area contributed by atoms with E-state index in [0.717, 1.165) is 10.4 Å². The number of carbonyl (C=O) groups excluding carboxylic acids is 1. The number of nitrogens with zero attached hydrogens (tertiary/aromatic N) is 3. The van der Waals surface area contributed by atoms with Crippen LogP contribution in [0.2, 0.25) is 0 Å². The molecule has 5 rings (SSSR count). The van der Waals surface area contributed by atoms with Crippen LogP contribution in [-0.4, -0.2) is 46.2 Å². The lowest BCUT2D eigenvalue weighted by Crippen LogP contribution is -2.48. The zero-order valence-corrected chi connectivity index (χ0v) is 17.6. The minimum Gasteiger partial charge on any atom is -0.372 e. The summed E-state index contributed by atoms with van der Waals surface area (Å²) in [5.74, 6) is -0.0532. The summed E-state index contributed by atoms with van der Waals surface area (Å²) in [6, 6.07) is 15.6. The van der Waals surface area contributed by atoms with Crippen molar-refractivity contribution in [2.45, 2.75) is 26.1 Å². The van der Waals surface area contributed by atoms with Crippen molar-refractivity contribution in [1.29, 1.82) is 0 Å². The van der Waals surface area contributed by atoms with E-state index in [9.17, 15) is 4.79 Å². The molecule has 0 saturated carbocycles. The van der Waals surface area contributed by atoms with Gasteiger partial charge >= 0.3 is 0 Å². The maximum atomic E-state index is 13.7. The number of ether oxygens (including phenoxy) is 1. The molecule has 152 valence electrons. The third-order valence-electron chi connectivity index (χ3n) is 5.20. The lowest BCUT2D eigenvalue weighted by Gasteiger charge is -2.35. The number of aromatic nitrogens is 2. The van der Waals surface area contributed by atoms with Crippen LogP contribution < -0.4 is 0 Å². The second-order valence-corrected chi connectivity index (χ2v) is 8.52. The van der Waals surface area contributed by atoms with Crippen molar-refractivity contribution in [2.75, 3.05) is 13.1 Å². The zero-order valence-electron chi connectivity index (χ0n) is 16.7. The smallest absolute Gasteiger partial charge is 0.259 e. The number of rotatable bonds is 3. The Kier molecular flexibility index (Phi) is 4.84. The molecule has 4 heterocycles.